The standard InChI is InChI=1S/C16H27FN2O/c1-7-10-18-15(16(2,3)19(4)5)13-11-12(17)8-9-14(13)20-6/h8-9,11,15,18H,7,10H2,1-6H3. The summed E-state index contributed by atoms with van der Waals surface area (Å²) in [5.41, 5.74) is 0.690. The molecule has 0 amide bonds. The largest absolute Gasteiger partial charge is 0.496 e. The molecule has 0 aliphatic rings. The van der Waals surface area contributed by atoms with Crippen LogP contribution in [0.4, 0.5) is 4.39 Å². The van der Waals surface area contributed by atoms with Gasteiger partial charge in [0, 0.05) is 11.1 Å². The molecule has 0 fully saturated rings. The first kappa shape index (κ1) is 16.9. The fourth-order valence-electron chi connectivity index (χ4n) is 2.22. The zero-order chi connectivity index (χ0) is 15.3. The molecule has 0 saturated heterocycles. The molecule has 0 heterocycles. The van der Waals surface area contributed by atoms with Gasteiger partial charge in [-0.3, -0.25) is 0 Å². The molecular formula is C16H27FN2O. The van der Waals surface area contributed by atoms with Gasteiger partial charge in [-0.1, -0.05) is 6.92 Å². The molecule has 1 aromatic rings. The average molecular weight is 282 g/mol. The predicted molar refractivity (Wildman–Crippen MR) is 81.8 cm³/mol. The fraction of sp³-hybridized carbons (Fsp3) is 0.625. The van der Waals surface area contributed by atoms with Crippen LogP contribution in [0.15, 0.2) is 18.2 Å². The van der Waals surface area contributed by atoms with Gasteiger partial charge < -0.3 is 15.0 Å². The van der Waals surface area contributed by atoms with E-state index >= 15 is 0 Å². The lowest BCUT2D eigenvalue weighted by molar-refractivity contribution is 0.136. The van der Waals surface area contributed by atoms with Crippen LogP contribution in [-0.4, -0.2) is 38.2 Å². The van der Waals surface area contributed by atoms with E-state index in [9.17, 15) is 4.39 Å². The Balaban J connectivity index is 3.26. The number of methoxy groups -OCH3 is 1. The highest BCUT2D eigenvalue weighted by atomic mass is 19.1. The lowest BCUT2D eigenvalue weighted by Crippen LogP contribution is -2.49. The zero-order valence-electron chi connectivity index (χ0n) is 13.5. The van der Waals surface area contributed by atoms with Gasteiger partial charge in [0.2, 0.25) is 0 Å². The van der Waals surface area contributed by atoms with Crippen LogP contribution < -0.4 is 10.1 Å². The van der Waals surface area contributed by atoms with E-state index in [1.165, 1.54) is 6.07 Å². The van der Waals surface area contributed by atoms with E-state index in [0.29, 0.717) is 0 Å². The summed E-state index contributed by atoms with van der Waals surface area (Å²) in [4.78, 5) is 2.14. The first-order chi connectivity index (χ1) is 9.34. The summed E-state index contributed by atoms with van der Waals surface area (Å²) < 4.78 is 19.1. The average Bonchev–Trinajstić information content (AvgIpc) is 2.39. The van der Waals surface area contributed by atoms with E-state index in [2.05, 4.69) is 31.0 Å². The predicted octanol–water partition coefficient (Wildman–Crippen LogP) is 3.22. The quantitative estimate of drug-likeness (QED) is 0.831. The highest BCUT2D eigenvalue weighted by Gasteiger charge is 2.34. The third-order valence-electron chi connectivity index (χ3n) is 3.96. The van der Waals surface area contributed by atoms with E-state index in [0.717, 1.165) is 24.3 Å². The second-order valence-corrected chi connectivity index (χ2v) is 5.82. The van der Waals surface area contributed by atoms with Crippen molar-refractivity contribution in [2.45, 2.75) is 38.8 Å². The second-order valence-electron chi connectivity index (χ2n) is 5.82. The number of rotatable bonds is 7. The minimum absolute atomic E-state index is 0.0110. The molecule has 0 radical (unpaired) electrons. The minimum atomic E-state index is -0.237. The van der Waals surface area contributed by atoms with Gasteiger partial charge in [-0.15, -0.1) is 0 Å². The molecule has 0 bridgehead atoms. The lowest BCUT2D eigenvalue weighted by atomic mass is 9.86. The molecule has 1 rings (SSSR count). The maximum absolute atomic E-state index is 13.7. The first-order valence-corrected chi connectivity index (χ1v) is 7.08. The zero-order valence-corrected chi connectivity index (χ0v) is 13.5. The van der Waals surface area contributed by atoms with Crippen molar-refractivity contribution in [2.24, 2.45) is 0 Å². The van der Waals surface area contributed by atoms with Crippen molar-refractivity contribution >= 4 is 0 Å². The molecule has 1 atom stereocenters. The van der Waals surface area contributed by atoms with Crippen molar-refractivity contribution in [3.05, 3.63) is 29.6 Å². The Hall–Kier alpha value is -1.13. The Morgan fingerprint density at radius 1 is 1.35 bits per heavy atom. The molecule has 0 saturated carbocycles. The van der Waals surface area contributed by atoms with E-state index in [1.54, 1.807) is 19.2 Å². The van der Waals surface area contributed by atoms with Gasteiger partial charge in [-0.05, 0) is 59.1 Å². The van der Waals surface area contributed by atoms with Gasteiger partial charge in [0.05, 0.1) is 13.2 Å². The van der Waals surface area contributed by atoms with Gasteiger partial charge in [-0.25, -0.2) is 4.39 Å². The Kier molecular flexibility index (Phi) is 5.96. The van der Waals surface area contributed by atoms with Crippen LogP contribution in [0.5, 0.6) is 5.75 Å². The van der Waals surface area contributed by atoms with Gasteiger partial charge in [0.25, 0.3) is 0 Å². The van der Waals surface area contributed by atoms with Crippen molar-refractivity contribution in [1.29, 1.82) is 0 Å². The summed E-state index contributed by atoms with van der Waals surface area (Å²) in [5, 5.41) is 3.52. The fourth-order valence-corrected chi connectivity index (χ4v) is 2.22. The Morgan fingerprint density at radius 2 is 2.00 bits per heavy atom. The summed E-state index contributed by atoms with van der Waals surface area (Å²) in [7, 11) is 5.69. The summed E-state index contributed by atoms with van der Waals surface area (Å²) in [6, 6.07) is 4.68. The van der Waals surface area contributed by atoms with Crippen molar-refractivity contribution in [3.8, 4) is 5.75 Å². The van der Waals surface area contributed by atoms with Crippen molar-refractivity contribution in [1.82, 2.24) is 10.2 Å². The maximum atomic E-state index is 13.7. The summed E-state index contributed by atoms with van der Waals surface area (Å²) in [6.07, 6.45) is 1.03. The van der Waals surface area contributed by atoms with Gasteiger partial charge in [0.15, 0.2) is 0 Å². The Bertz CT molecular complexity index is 432. The number of benzene rings is 1. The van der Waals surface area contributed by atoms with Crippen LogP contribution in [0.3, 0.4) is 0 Å². The normalized spacial score (nSPS) is 13.6. The third kappa shape index (κ3) is 3.70. The summed E-state index contributed by atoms with van der Waals surface area (Å²) in [6.45, 7) is 7.28. The molecular weight excluding hydrogens is 255 g/mol. The van der Waals surface area contributed by atoms with Crippen LogP contribution in [-0.2, 0) is 0 Å². The molecule has 20 heavy (non-hydrogen) atoms. The second kappa shape index (κ2) is 7.04. The smallest absolute Gasteiger partial charge is 0.123 e. The van der Waals surface area contributed by atoms with Crippen LogP contribution >= 0.6 is 0 Å². The molecule has 3 nitrogen and oxygen atoms in total. The summed E-state index contributed by atoms with van der Waals surface area (Å²) in [5.74, 6) is 0.480. The van der Waals surface area contributed by atoms with Crippen molar-refractivity contribution in [2.75, 3.05) is 27.7 Å². The van der Waals surface area contributed by atoms with E-state index in [4.69, 9.17) is 4.74 Å². The Morgan fingerprint density at radius 3 is 2.50 bits per heavy atom. The molecule has 1 N–H and O–H groups in total. The number of nitrogens with zero attached hydrogens (tertiary/aromatic N) is 1. The molecule has 0 aliphatic heterocycles. The van der Waals surface area contributed by atoms with Crippen LogP contribution in [0, 0.1) is 5.82 Å². The van der Waals surface area contributed by atoms with Gasteiger partial charge >= 0.3 is 0 Å². The number of ether oxygens (including phenoxy) is 1. The highest BCUT2D eigenvalue weighted by molar-refractivity contribution is 5.38. The first-order valence-electron chi connectivity index (χ1n) is 7.08. The molecule has 1 aromatic carbocycles. The minimum Gasteiger partial charge on any atom is -0.496 e. The molecule has 0 aromatic heterocycles. The maximum Gasteiger partial charge on any atom is 0.123 e. The molecule has 4 heteroatoms. The molecule has 0 spiro atoms. The van der Waals surface area contributed by atoms with Crippen LogP contribution in [0.1, 0.15) is 38.8 Å². The number of hydrogen-bond donors (Lipinski definition) is 1. The number of hydrogen-bond acceptors (Lipinski definition) is 3. The Labute approximate surface area is 122 Å². The number of halogens is 1. The van der Waals surface area contributed by atoms with Gasteiger partial charge in [0.1, 0.15) is 11.6 Å². The number of nitrogens with one attached hydrogen (secondary N) is 1. The van der Waals surface area contributed by atoms with Crippen molar-refractivity contribution in [3.63, 3.8) is 0 Å². The molecule has 1 unspecified atom stereocenters. The van der Waals surface area contributed by atoms with E-state index in [1.807, 2.05) is 14.1 Å². The van der Waals surface area contributed by atoms with Crippen molar-refractivity contribution < 1.29 is 9.13 Å². The molecule has 114 valence electrons. The van der Waals surface area contributed by atoms with E-state index < -0.39 is 0 Å². The van der Waals surface area contributed by atoms with Crippen LogP contribution in [0.25, 0.3) is 0 Å². The van der Waals surface area contributed by atoms with E-state index in [-0.39, 0.29) is 17.4 Å². The molecule has 0 aliphatic carbocycles. The van der Waals surface area contributed by atoms with Crippen LogP contribution in [0.2, 0.25) is 0 Å². The third-order valence-corrected chi connectivity index (χ3v) is 3.96. The van der Waals surface area contributed by atoms with Gasteiger partial charge in [-0.2, -0.15) is 0 Å². The lowest BCUT2D eigenvalue weighted by Gasteiger charge is -2.41. The topological polar surface area (TPSA) is 24.5 Å². The SMILES string of the molecule is CCCNC(c1cc(F)ccc1OC)C(C)(C)N(C)C. The number of likely N-dealkylation sites (N-methyl/N-ethyl adjacent to an activating group) is 1. The summed E-state index contributed by atoms with van der Waals surface area (Å²) >= 11 is 0. The highest BCUT2D eigenvalue weighted by Crippen LogP contribution is 2.35. The monoisotopic (exact) mass is 282 g/mol.